The van der Waals surface area contributed by atoms with E-state index >= 15 is 0 Å². The Balaban J connectivity index is 2.69. The lowest BCUT2D eigenvalue weighted by atomic mass is 10.0. The number of aryl methyl sites for hydroxylation is 2. The molecule has 5 nitrogen and oxygen atoms in total. The number of methoxy groups -OCH3 is 2. The van der Waals surface area contributed by atoms with E-state index < -0.39 is 11.9 Å². The number of esters is 2. The highest BCUT2D eigenvalue weighted by molar-refractivity contribution is 6.07. The lowest BCUT2D eigenvalue weighted by Gasteiger charge is -2.04. The molecule has 0 saturated heterocycles. The second-order valence-electron chi connectivity index (χ2n) is 4.59. The van der Waals surface area contributed by atoms with Crippen molar-refractivity contribution in [2.45, 2.75) is 13.8 Å². The van der Waals surface area contributed by atoms with Gasteiger partial charge in [-0.25, -0.2) is 9.59 Å². The van der Waals surface area contributed by atoms with E-state index in [0.29, 0.717) is 17.1 Å². The first-order valence-electron chi connectivity index (χ1n) is 6.36. The molecule has 0 amide bonds. The van der Waals surface area contributed by atoms with Crippen LogP contribution < -0.4 is 0 Å². The van der Waals surface area contributed by atoms with Crippen LogP contribution in [0.3, 0.4) is 0 Å². The van der Waals surface area contributed by atoms with E-state index in [1.165, 1.54) is 14.2 Å². The van der Waals surface area contributed by atoms with Gasteiger partial charge in [0.25, 0.3) is 0 Å². The summed E-state index contributed by atoms with van der Waals surface area (Å²) in [4.78, 5) is 23.9. The van der Waals surface area contributed by atoms with Gasteiger partial charge in [0.15, 0.2) is 0 Å². The number of furan rings is 1. The van der Waals surface area contributed by atoms with Crippen molar-refractivity contribution >= 4 is 11.9 Å². The average Bonchev–Trinajstić information content (AvgIpc) is 2.83. The summed E-state index contributed by atoms with van der Waals surface area (Å²) in [5, 5.41) is 0. The van der Waals surface area contributed by atoms with Crippen molar-refractivity contribution in [2.24, 2.45) is 0 Å². The smallest absolute Gasteiger partial charge is 0.342 e. The quantitative estimate of drug-likeness (QED) is 0.812. The normalized spacial score (nSPS) is 10.3. The molecule has 1 aromatic heterocycles. The standard InChI is InChI=1S/C16H16O5/c1-9-5-7-11(8-6-9)14-13(16(18)20-4)12(10(2)21-14)15(17)19-3/h5-8H,1-4H3. The van der Waals surface area contributed by atoms with Crippen molar-refractivity contribution in [3.8, 4) is 11.3 Å². The fraction of sp³-hybridized carbons (Fsp3) is 0.250. The second kappa shape index (κ2) is 5.83. The van der Waals surface area contributed by atoms with Gasteiger partial charge in [-0.2, -0.15) is 0 Å². The van der Waals surface area contributed by atoms with E-state index in [-0.39, 0.29) is 11.1 Å². The van der Waals surface area contributed by atoms with E-state index in [1.807, 2.05) is 31.2 Å². The molecule has 0 saturated carbocycles. The molecule has 0 spiro atoms. The van der Waals surface area contributed by atoms with Crippen molar-refractivity contribution in [2.75, 3.05) is 14.2 Å². The van der Waals surface area contributed by atoms with Crippen molar-refractivity contribution in [1.82, 2.24) is 0 Å². The van der Waals surface area contributed by atoms with Crippen LogP contribution in [-0.2, 0) is 9.47 Å². The Morgan fingerprint density at radius 2 is 1.43 bits per heavy atom. The largest absolute Gasteiger partial charge is 0.465 e. The van der Waals surface area contributed by atoms with Crippen LogP contribution in [0, 0.1) is 13.8 Å². The van der Waals surface area contributed by atoms with Gasteiger partial charge in [0.1, 0.15) is 22.6 Å². The van der Waals surface area contributed by atoms with Gasteiger partial charge in [0.05, 0.1) is 14.2 Å². The number of hydrogen-bond acceptors (Lipinski definition) is 5. The van der Waals surface area contributed by atoms with Crippen LogP contribution in [-0.4, -0.2) is 26.2 Å². The third-order valence-corrected chi connectivity index (χ3v) is 3.18. The van der Waals surface area contributed by atoms with E-state index in [4.69, 9.17) is 13.9 Å². The molecule has 1 aromatic carbocycles. The van der Waals surface area contributed by atoms with Crippen molar-refractivity contribution in [1.29, 1.82) is 0 Å². The molecule has 110 valence electrons. The maximum atomic E-state index is 12.0. The third-order valence-electron chi connectivity index (χ3n) is 3.18. The number of rotatable bonds is 3. The molecule has 0 bridgehead atoms. The summed E-state index contributed by atoms with van der Waals surface area (Å²) in [6.07, 6.45) is 0. The molecule has 21 heavy (non-hydrogen) atoms. The first-order chi connectivity index (χ1) is 9.99. The van der Waals surface area contributed by atoms with E-state index in [1.54, 1.807) is 6.92 Å². The first-order valence-corrected chi connectivity index (χ1v) is 6.36. The average molecular weight is 288 g/mol. The molecule has 0 aliphatic rings. The topological polar surface area (TPSA) is 65.7 Å². The molecular formula is C16H16O5. The molecule has 0 N–H and O–H groups in total. The fourth-order valence-corrected chi connectivity index (χ4v) is 2.10. The Morgan fingerprint density at radius 3 is 1.95 bits per heavy atom. The minimum Gasteiger partial charge on any atom is -0.465 e. The lowest BCUT2D eigenvalue weighted by molar-refractivity contribution is 0.0556. The van der Waals surface area contributed by atoms with E-state index in [0.717, 1.165) is 5.56 Å². The molecule has 0 atom stereocenters. The summed E-state index contributed by atoms with van der Waals surface area (Å²) in [7, 11) is 2.51. The van der Waals surface area contributed by atoms with Crippen LogP contribution in [0.15, 0.2) is 28.7 Å². The first kappa shape index (κ1) is 14.8. The molecule has 2 aromatic rings. The summed E-state index contributed by atoms with van der Waals surface area (Å²) < 4.78 is 15.1. The molecule has 0 aliphatic carbocycles. The highest BCUT2D eigenvalue weighted by Gasteiger charge is 2.30. The van der Waals surface area contributed by atoms with Gasteiger partial charge < -0.3 is 13.9 Å². The zero-order valence-electron chi connectivity index (χ0n) is 12.4. The van der Waals surface area contributed by atoms with Crippen LogP contribution in [0.5, 0.6) is 0 Å². The second-order valence-corrected chi connectivity index (χ2v) is 4.59. The predicted octanol–water partition coefficient (Wildman–Crippen LogP) is 3.14. The Morgan fingerprint density at radius 1 is 0.905 bits per heavy atom. The molecule has 0 radical (unpaired) electrons. The third kappa shape index (κ3) is 2.67. The van der Waals surface area contributed by atoms with E-state index in [9.17, 15) is 9.59 Å². The molecule has 2 rings (SSSR count). The number of ether oxygens (including phenoxy) is 2. The van der Waals surface area contributed by atoms with Crippen LogP contribution in [0.4, 0.5) is 0 Å². The highest BCUT2D eigenvalue weighted by Crippen LogP contribution is 2.32. The summed E-state index contributed by atoms with van der Waals surface area (Å²) in [5.41, 5.74) is 1.96. The molecule has 0 unspecified atom stereocenters. The number of benzene rings is 1. The van der Waals surface area contributed by atoms with Gasteiger partial charge in [0, 0.05) is 5.56 Å². The Kier molecular flexibility index (Phi) is 4.12. The van der Waals surface area contributed by atoms with Crippen LogP contribution in [0.2, 0.25) is 0 Å². The van der Waals surface area contributed by atoms with Crippen LogP contribution in [0.1, 0.15) is 32.0 Å². The predicted molar refractivity (Wildman–Crippen MR) is 76.3 cm³/mol. The van der Waals surface area contributed by atoms with Gasteiger partial charge in [-0.3, -0.25) is 0 Å². The number of carbonyl (C=O) groups excluding carboxylic acids is 2. The molecule has 0 aliphatic heterocycles. The Hall–Kier alpha value is -2.56. The monoisotopic (exact) mass is 288 g/mol. The van der Waals surface area contributed by atoms with Crippen molar-refractivity contribution < 1.29 is 23.5 Å². The van der Waals surface area contributed by atoms with Gasteiger partial charge in [-0.15, -0.1) is 0 Å². The fourth-order valence-electron chi connectivity index (χ4n) is 2.10. The summed E-state index contributed by atoms with van der Waals surface area (Å²) in [6.45, 7) is 3.56. The Bertz CT molecular complexity index is 679. The lowest BCUT2D eigenvalue weighted by Crippen LogP contribution is -2.11. The Labute approximate surface area is 122 Å². The van der Waals surface area contributed by atoms with Gasteiger partial charge in [0.2, 0.25) is 0 Å². The molecule has 1 heterocycles. The van der Waals surface area contributed by atoms with E-state index in [2.05, 4.69) is 0 Å². The van der Waals surface area contributed by atoms with Crippen LogP contribution >= 0.6 is 0 Å². The summed E-state index contributed by atoms with van der Waals surface area (Å²) in [6, 6.07) is 7.43. The number of carbonyl (C=O) groups is 2. The van der Waals surface area contributed by atoms with Gasteiger partial charge >= 0.3 is 11.9 Å². The molecule has 0 fully saturated rings. The van der Waals surface area contributed by atoms with Crippen molar-refractivity contribution in [3.05, 3.63) is 46.7 Å². The number of hydrogen-bond donors (Lipinski definition) is 0. The van der Waals surface area contributed by atoms with Gasteiger partial charge in [-0.05, 0) is 13.8 Å². The minimum absolute atomic E-state index is 0.0886. The summed E-state index contributed by atoms with van der Waals surface area (Å²) in [5.74, 6) is -0.643. The zero-order valence-corrected chi connectivity index (χ0v) is 12.4. The van der Waals surface area contributed by atoms with Crippen LogP contribution in [0.25, 0.3) is 11.3 Å². The maximum Gasteiger partial charge on any atom is 0.342 e. The maximum absolute atomic E-state index is 12.0. The van der Waals surface area contributed by atoms with Gasteiger partial charge in [-0.1, -0.05) is 29.8 Å². The highest BCUT2D eigenvalue weighted by atomic mass is 16.5. The minimum atomic E-state index is -0.636. The molecular weight excluding hydrogens is 272 g/mol. The summed E-state index contributed by atoms with van der Waals surface area (Å²) >= 11 is 0. The SMILES string of the molecule is COC(=O)c1c(C)oc(-c2ccc(C)cc2)c1C(=O)OC. The molecule has 5 heteroatoms. The van der Waals surface area contributed by atoms with Crippen molar-refractivity contribution in [3.63, 3.8) is 0 Å². The zero-order chi connectivity index (χ0) is 15.6.